The number of ketones is 1. The normalized spacial score (nSPS) is 13.8. The van der Waals surface area contributed by atoms with E-state index in [0.29, 0.717) is 33.9 Å². The van der Waals surface area contributed by atoms with Crippen LogP contribution in [0.1, 0.15) is 30.1 Å². The zero-order valence-corrected chi connectivity index (χ0v) is 20.4. The van der Waals surface area contributed by atoms with Gasteiger partial charge in [0.05, 0.1) is 11.1 Å². The van der Waals surface area contributed by atoms with E-state index < -0.39 is 0 Å². The van der Waals surface area contributed by atoms with Crippen molar-refractivity contribution in [3.63, 3.8) is 0 Å². The predicted molar refractivity (Wildman–Crippen MR) is 136 cm³/mol. The van der Waals surface area contributed by atoms with Crippen molar-refractivity contribution in [1.29, 1.82) is 0 Å². The average Bonchev–Trinajstić information content (AvgIpc) is 3.58. The van der Waals surface area contributed by atoms with Gasteiger partial charge in [-0.2, -0.15) is 0 Å². The number of hydrogen-bond donors (Lipinski definition) is 0. The Hall–Kier alpha value is -2.75. The van der Waals surface area contributed by atoms with Crippen molar-refractivity contribution in [2.24, 2.45) is 0 Å². The van der Waals surface area contributed by atoms with Crippen molar-refractivity contribution < 1.29 is 9.59 Å². The Morgan fingerprint density at radius 1 is 1.15 bits per heavy atom. The van der Waals surface area contributed by atoms with Gasteiger partial charge in [-0.15, -0.1) is 22.7 Å². The highest BCUT2D eigenvalue weighted by Gasteiger charge is 2.22. The average molecular weight is 496 g/mol. The lowest BCUT2D eigenvalue weighted by molar-refractivity contribution is -0.117. The molecule has 0 unspecified atom stereocenters. The molecule has 0 bridgehead atoms. The Kier molecular flexibility index (Phi) is 6.18. The minimum absolute atomic E-state index is 0.0400. The fourth-order valence-corrected chi connectivity index (χ4v) is 6.73. The molecule has 0 N–H and O–H groups in total. The van der Waals surface area contributed by atoms with Crippen molar-refractivity contribution in [3.05, 3.63) is 63.1 Å². The molecule has 1 aromatic carbocycles. The molecule has 1 aliphatic rings. The number of carbonyl (C=O) groups is 2. The lowest BCUT2D eigenvalue weighted by atomic mass is 10.1. The Morgan fingerprint density at radius 2 is 1.97 bits per heavy atom. The molecular weight excluding hydrogens is 474 g/mol. The van der Waals surface area contributed by atoms with Crippen LogP contribution < -0.4 is 10.5 Å². The molecule has 0 saturated carbocycles. The van der Waals surface area contributed by atoms with E-state index in [4.69, 9.17) is 4.98 Å². The molecule has 168 valence electrons. The molecule has 4 aromatic rings. The maximum atomic E-state index is 13.3. The molecule has 0 spiro atoms. The highest BCUT2D eigenvalue weighted by atomic mass is 32.2. The first-order chi connectivity index (χ1) is 16.1. The summed E-state index contributed by atoms with van der Waals surface area (Å²) in [6.07, 6.45) is 1.44. The number of anilines is 1. The fourth-order valence-electron chi connectivity index (χ4n) is 3.97. The summed E-state index contributed by atoms with van der Waals surface area (Å²) >= 11 is 4.35. The number of thiophene rings is 2. The number of hydrogen-bond acceptors (Lipinski definition) is 7. The molecule has 9 heteroatoms. The van der Waals surface area contributed by atoms with Gasteiger partial charge in [-0.1, -0.05) is 17.8 Å². The van der Waals surface area contributed by atoms with Crippen LogP contribution in [0, 0.1) is 0 Å². The summed E-state index contributed by atoms with van der Waals surface area (Å²) in [7, 11) is 0. The number of thioether (sulfide) groups is 1. The van der Waals surface area contributed by atoms with Crippen LogP contribution in [-0.4, -0.2) is 33.5 Å². The Balaban J connectivity index is 1.36. The summed E-state index contributed by atoms with van der Waals surface area (Å²) in [6, 6.07) is 11.2. The van der Waals surface area contributed by atoms with Gasteiger partial charge in [0.15, 0.2) is 10.9 Å². The van der Waals surface area contributed by atoms with Gasteiger partial charge in [0, 0.05) is 46.6 Å². The number of rotatable bonds is 7. The van der Waals surface area contributed by atoms with Gasteiger partial charge in [-0.25, -0.2) is 4.98 Å². The molecular formula is C24H21N3O3S3. The molecule has 0 radical (unpaired) electrons. The van der Waals surface area contributed by atoms with Gasteiger partial charge < -0.3 is 4.90 Å². The van der Waals surface area contributed by atoms with E-state index in [0.717, 1.165) is 29.1 Å². The highest BCUT2D eigenvalue weighted by Crippen LogP contribution is 2.34. The van der Waals surface area contributed by atoms with Gasteiger partial charge in [-0.05, 0) is 49.1 Å². The van der Waals surface area contributed by atoms with Gasteiger partial charge >= 0.3 is 0 Å². The number of amides is 1. The standard InChI is InChI=1S/C24H21N3O3S3/c1-2-26-23(30)21-17(19-5-4-12-31-19)13-32-22(21)25-24(26)33-14-18(28)15-7-9-16(10-8-15)27-11-3-6-20(27)29/h4-5,7-10,12-13H,2-3,6,11,14H2,1H3. The van der Waals surface area contributed by atoms with E-state index in [9.17, 15) is 14.4 Å². The van der Waals surface area contributed by atoms with E-state index in [1.54, 1.807) is 32.9 Å². The molecule has 1 amide bonds. The Morgan fingerprint density at radius 3 is 2.64 bits per heavy atom. The van der Waals surface area contributed by atoms with Crippen molar-refractivity contribution in [3.8, 4) is 10.4 Å². The lowest BCUT2D eigenvalue weighted by Crippen LogP contribution is -2.23. The molecule has 5 rings (SSSR count). The summed E-state index contributed by atoms with van der Waals surface area (Å²) in [4.78, 5) is 46.2. The third-order valence-electron chi connectivity index (χ3n) is 5.67. The fraction of sp³-hybridized carbons (Fsp3) is 0.250. The first-order valence-electron chi connectivity index (χ1n) is 10.7. The van der Waals surface area contributed by atoms with Crippen LogP contribution >= 0.6 is 34.4 Å². The molecule has 4 heterocycles. The van der Waals surface area contributed by atoms with Crippen LogP contribution in [0.4, 0.5) is 5.69 Å². The molecule has 0 atom stereocenters. The van der Waals surface area contributed by atoms with Crippen LogP contribution in [0.15, 0.2) is 57.1 Å². The minimum Gasteiger partial charge on any atom is -0.312 e. The third-order valence-corrected chi connectivity index (χ3v) is 8.42. The smallest absolute Gasteiger partial charge is 0.263 e. The molecule has 1 fully saturated rings. The summed E-state index contributed by atoms with van der Waals surface area (Å²) in [6.45, 7) is 3.12. The quantitative estimate of drug-likeness (QED) is 0.197. The van der Waals surface area contributed by atoms with E-state index in [1.165, 1.54) is 23.1 Å². The molecule has 1 aliphatic heterocycles. The zero-order valence-electron chi connectivity index (χ0n) is 17.9. The number of nitrogens with zero attached hydrogens (tertiary/aromatic N) is 3. The largest absolute Gasteiger partial charge is 0.312 e. The van der Waals surface area contributed by atoms with E-state index >= 15 is 0 Å². The number of Topliss-reactive ketones (excluding diaryl/α,β-unsaturated/α-hetero) is 1. The molecule has 33 heavy (non-hydrogen) atoms. The minimum atomic E-state index is -0.0678. The van der Waals surface area contributed by atoms with E-state index in [-0.39, 0.29) is 23.0 Å². The van der Waals surface area contributed by atoms with Gasteiger partial charge in [0.2, 0.25) is 5.91 Å². The molecule has 3 aromatic heterocycles. The summed E-state index contributed by atoms with van der Waals surface area (Å²) in [5, 5.41) is 5.18. The number of carbonyl (C=O) groups excluding carboxylic acids is 2. The Labute approximate surface area is 202 Å². The first kappa shape index (κ1) is 22.1. The zero-order chi connectivity index (χ0) is 22.9. The molecule has 0 aliphatic carbocycles. The maximum absolute atomic E-state index is 13.3. The first-order valence-corrected chi connectivity index (χ1v) is 13.4. The van der Waals surface area contributed by atoms with Crippen molar-refractivity contribution >= 4 is 62.0 Å². The maximum Gasteiger partial charge on any atom is 0.263 e. The monoisotopic (exact) mass is 495 g/mol. The number of fused-ring (bicyclic) bond motifs is 1. The highest BCUT2D eigenvalue weighted by molar-refractivity contribution is 7.99. The van der Waals surface area contributed by atoms with Crippen molar-refractivity contribution in [2.75, 3.05) is 17.2 Å². The van der Waals surface area contributed by atoms with Gasteiger partial charge in [0.25, 0.3) is 5.56 Å². The van der Waals surface area contributed by atoms with Crippen molar-refractivity contribution in [1.82, 2.24) is 9.55 Å². The second-order valence-corrected chi connectivity index (χ2v) is 10.4. The Bertz CT molecular complexity index is 1390. The SMILES string of the molecule is CCn1c(SCC(=O)c2ccc(N3CCCC3=O)cc2)nc2scc(-c3cccs3)c2c1=O. The summed E-state index contributed by atoms with van der Waals surface area (Å²) < 4.78 is 1.65. The van der Waals surface area contributed by atoms with Crippen LogP contribution in [0.5, 0.6) is 0 Å². The van der Waals surface area contributed by atoms with Crippen LogP contribution in [-0.2, 0) is 11.3 Å². The predicted octanol–water partition coefficient (Wildman–Crippen LogP) is 5.31. The van der Waals surface area contributed by atoms with E-state index in [1.807, 2.05) is 41.9 Å². The van der Waals surface area contributed by atoms with Crippen molar-refractivity contribution in [2.45, 2.75) is 31.5 Å². The van der Waals surface area contributed by atoms with Gasteiger partial charge in [-0.3, -0.25) is 19.0 Å². The van der Waals surface area contributed by atoms with Crippen LogP contribution in [0.3, 0.4) is 0 Å². The summed E-state index contributed by atoms with van der Waals surface area (Å²) in [5.41, 5.74) is 2.27. The van der Waals surface area contributed by atoms with Crippen LogP contribution in [0.25, 0.3) is 20.7 Å². The van der Waals surface area contributed by atoms with Crippen LogP contribution in [0.2, 0.25) is 0 Å². The molecule has 6 nitrogen and oxygen atoms in total. The lowest BCUT2D eigenvalue weighted by Gasteiger charge is -2.15. The second-order valence-electron chi connectivity index (χ2n) is 7.66. The summed E-state index contributed by atoms with van der Waals surface area (Å²) in [5.74, 6) is 0.268. The number of benzene rings is 1. The van der Waals surface area contributed by atoms with Gasteiger partial charge in [0.1, 0.15) is 4.83 Å². The van der Waals surface area contributed by atoms with E-state index in [2.05, 4.69) is 0 Å². The number of aromatic nitrogens is 2. The second kappa shape index (κ2) is 9.24. The third kappa shape index (κ3) is 4.16. The molecule has 1 saturated heterocycles. The topological polar surface area (TPSA) is 72.3 Å².